The molecule has 0 aromatic heterocycles. The number of aliphatic hydroxyl groups excluding tert-OH is 2. The van der Waals surface area contributed by atoms with Crippen LogP contribution in [0.5, 0.6) is 11.5 Å². The number of nitrogens with zero attached hydrogens (tertiary/aromatic N) is 1. The smallest absolute Gasteiger partial charge is 0.416 e. The second kappa shape index (κ2) is 12.7. The molecule has 1 aliphatic carbocycles. The summed E-state index contributed by atoms with van der Waals surface area (Å²) in [6.07, 6.45) is -5.36. The molecule has 0 unspecified atom stereocenters. The number of halogens is 4. The summed E-state index contributed by atoms with van der Waals surface area (Å²) < 4.78 is 64.9. The van der Waals surface area contributed by atoms with Gasteiger partial charge in [-0.25, -0.2) is 4.39 Å². The molecule has 0 bridgehead atoms. The third kappa shape index (κ3) is 6.26. The van der Waals surface area contributed by atoms with Gasteiger partial charge in [0.2, 0.25) is 5.91 Å². The number of hydrogen-bond acceptors (Lipinski definition) is 7. The van der Waals surface area contributed by atoms with Gasteiger partial charge in [0.15, 0.2) is 11.5 Å². The van der Waals surface area contributed by atoms with Crippen molar-refractivity contribution in [1.29, 1.82) is 0 Å². The molecule has 9 nitrogen and oxygen atoms in total. The summed E-state index contributed by atoms with van der Waals surface area (Å²) in [5.74, 6) is -2.54. The minimum absolute atomic E-state index is 0.0527. The van der Waals surface area contributed by atoms with E-state index in [2.05, 4.69) is 5.32 Å². The van der Waals surface area contributed by atoms with E-state index in [4.69, 9.17) is 9.47 Å². The molecule has 13 heteroatoms. The van der Waals surface area contributed by atoms with Crippen molar-refractivity contribution >= 4 is 18.1 Å². The molecule has 3 aromatic carbocycles. The molecule has 0 spiro atoms. The van der Waals surface area contributed by atoms with E-state index in [1.165, 1.54) is 49.6 Å². The molecule has 0 radical (unpaired) electrons. The van der Waals surface area contributed by atoms with Crippen molar-refractivity contribution in [2.24, 2.45) is 0 Å². The summed E-state index contributed by atoms with van der Waals surface area (Å²) in [6, 6.07) is 10.3. The number of fused-ring (bicyclic) bond motifs is 3. The van der Waals surface area contributed by atoms with Crippen molar-refractivity contribution in [3.8, 4) is 11.5 Å². The minimum atomic E-state index is -4.64. The maximum atomic E-state index is 14.0. The Morgan fingerprint density at radius 3 is 2.38 bits per heavy atom. The summed E-state index contributed by atoms with van der Waals surface area (Å²) in [6.45, 7) is -0.721. The standard InChI is InChI=1S/C32H28F4N2O7/c1-44-25-13-18(16-40)12-22-26-23(30(42)37-10-11-39)14-24(27(41)29(26)45-28(22)25)38(15-17-2-8-21(33)9-3-17)31(43)19-4-6-20(7-5-19)32(34,35)36/h2-9,12-14,16,24,26-27,29,39,41H,10-11,15H2,1H3,(H,37,42)/t24-,26+,27+,29+/m1/s1. The Morgan fingerprint density at radius 1 is 1.09 bits per heavy atom. The van der Waals surface area contributed by atoms with Crippen LogP contribution < -0.4 is 14.8 Å². The molecule has 3 aromatic rings. The predicted octanol–water partition coefficient (Wildman–Crippen LogP) is 3.63. The van der Waals surface area contributed by atoms with Crippen molar-refractivity contribution in [1.82, 2.24) is 10.2 Å². The number of carbonyl (C=O) groups is 3. The molecule has 0 saturated carbocycles. The van der Waals surface area contributed by atoms with E-state index in [0.717, 1.165) is 29.2 Å². The highest BCUT2D eigenvalue weighted by atomic mass is 19.4. The molecule has 5 rings (SSSR count). The van der Waals surface area contributed by atoms with Gasteiger partial charge in [-0.3, -0.25) is 14.4 Å². The van der Waals surface area contributed by atoms with Crippen LogP contribution >= 0.6 is 0 Å². The number of carbonyl (C=O) groups excluding carboxylic acids is 3. The number of aldehydes is 1. The lowest BCUT2D eigenvalue weighted by molar-refractivity contribution is -0.137. The SMILES string of the molecule is COc1cc(C=O)cc2c1O[C@@H]1[C@@H](O)[C@H](N(Cc3ccc(F)cc3)C(=O)c3ccc(C(F)(F)F)cc3)C=C(C(=O)NCCO)[C@H]21. The first-order valence-electron chi connectivity index (χ1n) is 13.8. The van der Waals surface area contributed by atoms with Crippen LogP contribution in [0.3, 0.4) is 0 Å². The van der Waals surface area contributed by atoms with E-state index < -0.39 is 53.5 Å². The zero-order valence-corrected chi connectivity index (χ0v) is 23.8. The fraction of sp³-hybridized carbons (Fsp3) is 0.281. The third-order valence-electron chi connectivity index (χ3n) is 7.76. The molecule has 2 aliphatic rings. The zero-order chi connectivity index (χ0) is 32.5. The molecule has 4 atom stereocenters. The first-order valence-corrected chi connectivity index (χ1v) is 13.8. The summed E-state index contributed by atoms with van der Waals surface area (Å²) in [4.78, 5) is 40.3. The lowest BCUT2D eigenvalue weighted by Crippen LogP contribution is -2.55. The third-order valence-corrected chi connectivity index (χ3v) is 7.76. The van der Waals surface area contributed by atoms with Gasteiger partial charge < -0.3 is 29.9 Å². The van der Waals surface area contributed by atoms with Gasteiger partial charge in [0.25, 0.3) is 5.91 Å². The molecule has 0 saturated heterocycles. The van der Waals surface area contributed by atoms with Crippen LogP contribution in [0.2, 0.25) is 0 Å². The van der Waals surface area contributed by atoms with Gasteiger partial charge in [-0.1, -0.05) is 12.1 Å². The molecular weight excluding hydrogens is 600 g/mol. The van der Waals surface area contributed by atoms with Crippen LogP contribution in [0.4, 0.5) is 17.6 Å². The average Bonchev–Trinajstić information content (AvgIpc) is 3.42. The highest BCUT2D eigenvalue weighted by molar-refractivity contribution is 5.98. The van der Waals surface area contributed by atoms with Crippen LogP contribution in [0, 0.1) is 5.82 Å². The molecule has 1 aliphatic heterocycles. The lowest BCUT2D eigenvalue weighted by atomic mass is 9.77. The number of alkyl halides is 3. The largest absolute Gasteiger partial charge is 0.493 e. The summed E-state index contributed by atoms with van der Waals surface area (Å²) in [7, 11) is 1.35. The van der Waals surface area contributed by atoms with Crippen LogP contribution in [0.15, 0.2) is 72.3 Å². The molecule has 1 heterocycles. The summed E-state index contributed by atoms with van der Waals surface area (Å²) in [5, 5.41) is 23.7. The summed E-state index contributed by atoms with van der Waals surface area (Å²) >= 11 is 0. The Morgan fingerprint density at radius 2 is 1.78 bits per heavy atom. The fourth-order valence-electron chi connectivity index (χ4n) is 5.63. The van der Waals surface area contributed by atoms with Gasteiger partial charge >= 0.3 is 6.18 Å². The van der Waals surface area contributed by atoms with Gasteiger partial charge in [0.05, 0.1) is 31.2 Å². The van der Waals surface area contributed by atoms with E-state index in [-0.39, 0.29) is 47.9 Å². The molecule has 3 N–H and O–H groups in total. The Balaban J connectivity index is 1.62. The first-order chi connectivity index (χ1) is 21.5. The molecule has 45 heavy (non-hydrogen) atoms. The maximum Gasteiger partial charge on any atom is 0.416 e. The molecular formula is C32H28F4N2O7. The fourth-order valence-corrected chi connectivity index (χ4v) is 5.63. The van der Waals surface area contributed by atoms with E-state index in [1.807, 2.05) is 0 Å². The first kappa shape index (κ1) is 31.7. The molecule has 236 valence electrons. The Hall–Kier alpha value is -4.75. The Kier molecular flexibility index (Phi) is 8.94. The van der Waals surface area contributed by atoms with E-state index in [0.29, 0.717) is 17.4 Å². The highest BCUT2D eigenvalue weighted by Gasteiger charge is 2.51. The van der Waals surface area contributed by atoms with Crippen molar-refractivity contribution in [2.45, 2.75) is 36.9 Å². The lowest BCUT2D eigenvalue weighted by Gasteiger charge is -2.40. The topological polar surface area (TPSA) is 125 Å². The van der Waals surface area contributed by atoms with Gasteiger partial charge in [0.1, 0.15) is 24.3 Å². The van der Waals surface area contributed by atoms with Crippen LogP contribution in [-0.4, -0.2) is 71.7 Å². The molecule has 0 fully saturated rings. The van der Waals surface area contributed by atoms with Crippen LogP contribution in [-0.2, 0) is 17.5 Å². The number of nitrogens with one attached hydrogen (secondary N) is 1. The van der Waals surface area contributed by atoms with Crippen molar-refractivity contribution < 1.29 is 51.6 Å². The quantitative estimate of drug-likeness (QED) is 0.244. The molecule has 2 amide bonds. The number of amides is 2. The van der Waals surface area contributed by atoms with Crippen molar-refractivity contribution in [2.75, 3.05) is 20.3 Å². The van der Waals surface area contributed by atoms with E-state index in [9.17, 15) is 42.2 Å². The maximum absolute atomic E-state index is 14.0. The second-order valence-electron chi connectivity index (χ2n) is 10.5. The Bertz CT molecular complexity index is 1620. The van der Waals surface area contributed by atoms with Gasteiger partial charge in [0, 0.05) is 35.4 Å². The Labute approximate surface area is 254 Å². The number of ether oxygens (including phenoxy) is 2. The predicted molar refractivity (Wildman–Crippen MR) is 151 cm³/mol. The highest BCUT2D eigenvalue weighted by Crippen LogP contribution is 2.51. The van der Waals surface area contributed by atoms with Crippen molar-refractivity contribution in [3.63, 3.8) is 0 Å². The summed E-state index contributed by atoms with van der Waals surface area (Å²) in [5.41, 5.74) is -0.0174. The van der Waals surface area contributed by atoms with Gasteiger partial charge in [-0.15, -0.1) is 0 Å². The van der Waals surface area contributed by atoms with E-state index >= 15 is 0 Å². The number of methoxy groups -OCH3 is 1. The van der Waals surface area contributed by atoms with Crippen molar-refractivity contribution in [3.05, 3.63) is 106 Å². The van der Waals surface area contributed by atoms with Gasteiger partial charge in [-0.2, -0.15) is 13.2 Å². The second-order valence-corrected chi connectivity index (χ2v) is 10.5. The zero-order valence-electron chi connectivity index (χ0n) is 23.8. The number of aliphatic hydroxyl groups is 2. The minimum Gasteiger partial charge on any atom is -0.493 e. The monoisotopic (exact) mass is 628 g/mol. The van der Waals surface area contributed by atoms with Crippen LogP contribution in [0.1, 0.15) is 43.3 Å². The average molecular weight is 629 g/mol. The normalized spacial score (nSPS) is 20.3. The van der Waals surface area contributed by atoms with Gasteiger partial charge in [-0.05, 0) is 60.2 Å². The number of hydrogen-bond donors (Lipinski definition) is 3. The number of rotatable bonds is 9. The van der Waals surface area contributed by atoms with Crippen LogP contribution in [0.25, 0.3) is 0 Å². The number of benzene rings is 3. The van der Waals surface area contributed by atoms with E-state index in [1.54, 1.807) is 0 Å².